The quantitative estimate of drug-likeness (QED) is 0.698. The zero-order chi connectivity index (χ0) is 9.68. The van der Waals surface area contributed by atoms with Gasteiger partial charge in [-0.2, -0.15) is 0 Å². The van der Waals surface area contributed by atoms with E-state index in [2.05, 4.69) is 5.32 Å². The molecule has 1 aliphatic carbocycles. The van der Waals surface area contributed by atoms with Gasteiger partial charge in [0.15, 0.2) is 0 Å². The minimum absolute atomic E-state index is 0.200. The number of carboxylic acid groups (broad SMARTS) is 1. The molecule has 4 heteroatoms. The highest BCUT2D eigenvalue weighted by Gasteiger charge is 2.26. The molecule has 0 bridgehead atoms. The van der Waals surface area contributed by atoms with Crippen LogP contribution in [0.4, 0.5) is 4.39 Å². The van der Waals surface area contributed by atoms with E-state index in [9.17, 15) is 9.18 Å². The molecule has 1 fully saturated rings. The van der Waals surface area contributed by atoms with Gasteiger partial charge < -0.3 is 10.4 Å². The molecule has 0 aromatic rings. The van der Waals surface area contributed by atoms with Gasteiger partial charge in [-0.3, -0.25) is 4.79 Å². The van der Waals surface area contributed by atoms with Crippen LogP contribution in [0.5, 0.6) is 0 Å². The topological polar surface area (TPSA) is 49.3 Å². The lowest BCUT2D eigenvalue weighted by Gasteiger charge is -2.27. The van der Waals surface area contributed by atoms with Gasteiger partial charge in [-0.05, 0) is 19.3 Å². The molecule has 2 N–H and O–H groups in total. The fraction of sp³-hybridized carbons (Fsp3) is 0.889. The summed E-state index contributed by atoms with van der Waals surface area (Å²) in [5, 5.41) is 11.8. The Morgan fingerprint density at radius 2 is 2.31 bits per heavy atom. The smallest absolute Gasteiger partial charge is 0.306 e. The summed E-state index contributed by atoms with van der Waals surface area (Å²) in [5.74, 6) is -0.947. The monoisotopic (exact) mass is 189 g/mol. The van der Waals surface area contributed by atoms with Gasteiger partial charge in [-0.25, -0.2) is 4.39 Å². The maximum Gasteiger partial charge on any atom is 0.306 e. The third-order valence-electron chi connectivity index (χ3n) is 2.55. The Labute approximate surface area is 77.3 Å². The van der Waals surface area contributed by atoms with Gasteiger partial charge in [-0.1, -0.05) is 6.42 Å². The second-order valence-electron chi connectivity index (χ2n) is 3.54. The number of hydrogen-bond acceptors (Lipinski definition) is 2. The summed E-state index contributed by atoms with van der Waals surface area (Å²) < 4.78 is 11.8. The summed E-state index contributed by atoms with van der Waals surface area (Å²) in [7, 11) is 0. The summed E-state index contributed by atoms with van der Waals surface area (Å²) in [5.41, 5.74) is 0. The molecule has 0 aliphatic heterocycles. The number of carboxylic acids is 1. The van der Waals surface area contributed by atoms with Crippen molar-refractivity contribution in [2.75, 3.05) is 13.2 Å². The molecule has 0 aromatic heterocycles. The van der Waals surface area contributed by atoms with E-state index < -0.39 is 5.97 Å². The predicted octanol–water partition coefficient (Wildman–Crippen LogP) is 1.19. The molecule has 2 atom stereocenters. The normalized spacial score (nSPS) is 28.7. The fourth-order valence-electron chi connectivity index (χ4n) is 1.86. The zero-order valence-corrected chi connectivity index (χ0v) is 7.63. The van der Waals surface area contributed by atoms with Crippen LogP contribution in [0.15, 0.2) is 0 Å². The number of aliphatic carboxylic acids is 1. The van der Waals surface area contributed by atoms with Gasteiger partial charge in [0.25, 0.3) is 0 Å². The van der Waals surface area contributed by atoms with Gasteiger partial charge in [0.05, 0.1) is 5.92 Å². The number of halogens is 1. The lowest BCUT2D eigenvalue weighted by atomic mass is 9.86. The minimum atomic E-state index is -0.716. The zero-order valence-electron chi connectivity index (χ0n) is 7.63. The predicted molar refractivity (Wildman–Crippen MR) is 47.4 cm³/mol. The van der Waals surface area contributed by atoms with Crippen LogP contribution in [-0.2, 0) is 4.79 Å². The summed E-state index contributed by atoms with van der Waals surface area (Å²) in [6.45, 7) is -0.0365. The molecule has 13 heavy (non-hydrogen) atoms. The molecular weight excluding hydrogens is 173 g/mol. The van der Waals surface area contributed by atoms with Crippen LogP contribution < -0.4 is 5.32 Å². The van der Waals surface area contributed by atoms with Gasteiger partial charge >= 0.3 is 5.97 Å². The Kier molecular flexibility index (Phi) is 4.15. The van der Waals surface area contributed by atoms with E-state index in [1.54, 1.807) is 0 Å². The second-order valence-corrected chi connectivity index (χ2v) is 3.54. The fourth-order valence-corrected chi connectivity index (χ4v) is 1.86. The van der Waals surface area contributed by atoms with Crippen LogP contribution in [-0.4, -0.2) is 30.3 Å². The van der Waals surface area contributed by atoms with Crippen molar-refractivity contribution in [3.63, 3.8) is 0 Å². The number of hydrogen-bond donors (Lipinski definition) is 2. The standard InChI is InChI=1S/C9H16FNO2/c10-4-5-11-8-3-1-2-7(6-8)9(12)13/h7-8,11H,1-6H2,(H,12,13). The van der Waals surface area contributed by atoms with Crippen LogP contribution in [0.25, 0.3) is 0 Å². The largest absolute Gasteiger partial charge is 0.481 e. The van der Waals surface area contributed by atoms with Crippen LogP contribution in [0.3, 0.4) is 0 Å². The van der Waals surface area contributed by atoms with Crippen molar-refractivity contribution in [3.8, 4) is 0 Å². The third kappa shape index (κ3) is 3.30. The second kappa shape index (κ2) is 5.17. The van der Waals surface area contributed by atoms with E-state index in [1.807, 2.05) is 0 Å². The van der Waals surface area contributed by atoms with Gasteiger partial charge in [0, 0.05) is 12.6 Å². The van der Waals surface area contributed by atoms with Crippen LogP contribution >= 0.6 is 0 Å². The van der Waals surface area contributed by atoms with Crippen LogP contribution in [0, 0.1) is 5.92 Å². The molecule has 1 aliphatic rings. The maximum atomic E-state index is 11.8. The molecule has 1 saturated carbocycles. The number of nitrogens with one attached hydrogen (secondary N) is 1. The molecule has 0 heterocycles. The highest BCUT2D eigenvalue weighted by atomic mass is 19.1. The van der Waals surface area contributed by atoms with Gasteiger partial charge in [0.1, 0.15) is 6.67 Å². The Morgan fingerprint density at radius 3 is 2.92 bits per heavy atom. The SMILES string of the molecule is O=C(O)C1CCCC(NCCF)C1. The molecular formula is C9H16FNO2. The number of carbonyl (C=O) groups is 1. The molecule has 76 valence electrons. The number of rotatable bonds is 4. The highest BCUT2D eigenvalue weighted by molar-refractivity contribution is 5.70. The molecule has 0 spiro atoms. The molecule has 0 amide bonds. The minimum Gasteiger partial charge on any atom is -0.481 e. The van der Waals surface area contributed by atoms with Crippen molar-refractivity contribution in [2.24, 2.45) is 5.92 Å². The first-order chi connectivity index (χ1) is 6.24. The maximum absolute atomic E-state index is 11.8. The lowest BCUT2D eigenvalue weighted by Crippen LogP contribution is -2.37. The summed E-state index contributed by atoms with van der Waals surface area (Å²) >= 11 is 0. The number of alkyl halides is 1. The van der Waals surface area contributed by atoms with Gasteiger partial charge in [-0.15, -0.1) is 0 Å². The van der Waals surface area contributed by atoms with Crippen molar-refractivity contribution in [1.82, 2.24) is 5.32 Å². The van der Waals surface area contributed by atoms with Crippen molar-refractivity contribution in [2.45, 2.75) is 31.7 Å². The first-order valence-corrected chi connectivity index (χ1v) is 4.76. The average Bonchev–Trinajstić information content (AvgIpc) is 2.15. The van der Waals surface area contributed by atoms with Crippen molar-refractivity contribution in [1.29, 1.82) is 0 Å². The van der Waals surface area contributed by atoms with Crippen LogP contribution in [0.1, 0.15) is 25.7 Å². The summed E-state index contributed by atoms with van der Waals surface area (Å²) in [4.78, 5) is 10.7. The van der Waals surface area contributed by atoms with Crippen molar-refractivity contribution in [3.05, 3.63) is 0 Å². The molecule has 1 rings (SSSR count). The Bertz CT molecular complexity index is 175. The molecule has 0 aromatic carbocycles. The van der Waals surface area contributed by atoms with E-state index in [0.717, 1.165) is 19.3 Å². The van der Waals surface area contributed by atoms with E-state index in [4.69, 9.17) is 5.11 Å². The molecule has 3 nitrogen and oxygen atoms in total. The first kappa shape index (κ1) is 10.4. The highest BCUT2D eigenvalue weighted by Crippen LogP contribution is 2.24. The summed E-state index contributed by atoms with van der Waals surface area (Å²) in [6.07, 6.45) is 3.32. The Hall–Kier alpha value is -0.640. The van der Waals surface area contributed by atoms with Crippen molar-refractivity contribution >= 4 is 5.97 Å². The molecule has 0 saturated heterocycles. The van der Waals surface area contributed by atoms with Crippen LogP contribution in [0.2, 0.25) is 0 Å². The van der Waals surface area contributed by atoms with E-state index in [-0.39, 0.29) is 18.6 Å². The van der Waals surface area contributed by atoms with Crippen molar-refractivity contribution < 1.29 is 14.3 Å². The third-order valence-corrected chi connectivity index (χ3v) is 2.55. The molecule has 2 unspecified atom stereocenters. The van der Waals surface area contributed by atoms with E-state index in [0.29, 0.717) is 13.0 Å². The average molecular weight is 189 g/mol. The van der Waals surface area contributed by atoms with E-state index in [1.165, 1.54) is 0 Å². The Balaban J connectivity index is 2.29. The van der Waals surface area contributed by atoms with E-state index >= 15 is 0 Å². The Morgan fingerprint density at radius 1 is 1.54 bits per heavy atom. The first-order valence-electron chi connectivity index (χ1n) is 4.76. The lowest BCUT2D eigenvalue weighted by molar-refractivity contribution is -0.143. The molecule has 0 radical (unpaired) electrons. The van der Waals surface area contributed by atoms with Gasteiger partial charge in [0.2, 0.25) is 0 Å². The summed E-state index contributed by atoms with van der Waals surface area (Å²) in [6, 6.07) is 0.200.